The lowest BCUT2D eigenvalue weighted by atomic mass is 10.8. The molecule has 0 aliphatic heterocycles. The van der Waals surface area contributed by atoms with E-state index in [0.717, 1.165) is 6.26 Å². The summed E-state index contributed by atoms with van der Waals surface area (Å²) in [6.07, 6.45) is 2.22. The van der Waals surface area contributed by atoms with E-state index >= 15 is 0 Å². The van der Waals surface area contributed by atoms with Gasteiger partial charge >= 0.3 is 0 Å². The Kier molecular flexibility index (Phi) is 3.71. The van der Waals surface area contributed by atoms with Crippen LogP contribution in [0.3, 0.4) is 0 Å². The molecule has 1 heterocycles. The number of aryl methyl sites for hydroxylation is 1. The predicted octanol–water partition coefficient (Wildman–Crippen LogP) is -0.959. The summed E-state index contributed by atoms with van der Waals surface area (Å²) in [5.41, 5.74) is 0. The van der Waals surface area contributed by atoms with Crippen LogP contribution >= 0.6 is 0 Å². The normalized spacial score (nSPS) is 12.9. The van der Waals surface area contributed by atoms with Gasteiger partial charge in [0.1, 0.15) is 15.7 Å². The molecule has 0 atom stereocenters. The average Bonchev–Trinajstić information content (AvgIpc) is 2.49. The fraction of sp³-hybridized carbons (Fsp3) is 0.571. The summed E-state index contributed by atoms with van der Waals surface area (Å²) < 4.78 is 46.9. The summed E-state index contributed by atoms with van der Waals surface area (Å²) in [5.74, 6) is 0.239. The molecule has 1 rings (SSSR count). The Labute approximate surface area is 94.3 Å². The highest BCUT2D eigenvalue weighted by molar-refractivity contribution is 7.91. The molecule has 1 aromatic heterocycles. The first-order chi connectivity index (χ1) is 7.21. The first-order valence-corrected chi connectivity index (χ1v) is 7.94. The van der Waals surface area contributed by atoms with Gasteiger partial charge in [0, 0.05) is 12.8 Å². The van der Waals surface area contributed by atoms with Gasteiger partial charge in [-0.25, -0.2) is 26.5 Å². The summed E-state index contributed by atoms with van der Waals surface area (Å²) in [6, 6.07) is 0. The van der Waals surface area contributed by atoms with Gasteiger partial charge in [-0.3, -0.25) is 0 Å². The first kappa shape index (κ1) is 13.1. The van der Waals surface area contributed by atoms with Crippen LogP contribution in [0, 0.1) is 6.92 Å². The maximum Gasteiger partial charge on any atom is 0.257 e. The van der Waals surface area contributed by atoms with Gasteiger partial charge in [0.2, 0.25) is 0 Å². The molecule has 0 amide bonds. The summed E-state index contributed by atoms with van der Waals surface area (Å²) in [5, 5.41) is -0.0708. The summed E-state index contributed by atoms with van der Waals surface area (Å²) >= 11 is 0. The van der Waals surface area contributed by atoms with Crippen LogP contribution in [-0.2, 0) is 19.9 Å². The molecule has 92 valence electrons. The Morgan fingerprint density at radius 2 is 2.00 bits per heavy atom. The molecule has 16 heavy (non-hydrogen) atoms. The fourth-order valence-corrected chi connectivity index (χ4v) is 2.58. The molecule has 0 radical (unpaired) electrons. The summed E-state index contributed by atoms with van der Waals surface area (Å²) in [6.45, 7) is 1.47. The standard InChI is InChI=1S/C7H13N3O4S2/c1-6-8-5-7(10-6)16(13,14)9-3-4-15(2,11)12/h5,9H,3-4H2,1-2H3,(H,8,10). The van der Waals surface area contributed by atoms with Crippen LogP contribution in [0.4, 0.5) is 0 Å². The lowest BCUT2D eigenvalue weighted by Crippen LogP contribution is -2.29. The second kappa shape index (κ2) is 4.52. The van der Waals surface area contributed by atoms with Crippen LogP contribution in [0.5, 0.6) is 0 Å². The van der Waals surface area contributed by atoms with Gasteiger partial charge in [-0.1, -0.05) is 0 Å². The summed E-state index contributed by atoms with van der Waals surface area (Å²) in [7, 11) is -6.87. The Hall–Kier alpha value is -0.930. The number of H-pyrrole nitrogens is 1. The van der Waals surface area contributed by atoms with Crippen molar-refractivity contribution >= 4 is 19.9 Å². The molecular formula is C7H13N3O4S2. The minimum absolute atomic E-state index is 0.0708. The number of rotatable bonds is 5. The van der Waals surface area contributed by atoms with E-state index < -0.39 is 19.9 Å². The molecule has 0 fully saturated rings. The second-order valence-electron chi connectivity index (χ2n) is 3.36. The van der Waals surface area contributed by atoms with Gasteiger partial charge in [-0.15, -0.1) is 0 Å². The van der Waals surface area contributed by atoms with Crippen LogP contribution in [0.2, 0.25) is 0 Å². The molecule has 0 saturated carbocycles. The Morgan fingerprint density at radius 3 is 2.44 bits per heavy atom. The first-order valence-electron chi connectivity index (χ1n) is 4.40. The third-order valence-electron chi connectivity index (χ3n) is 1.73. The SMILES string of the molecule is Cc1ncc(S(=O)(=O)NCCS(C)(=O)=O)[nH]1. The van der Waals surface area contributed by atoms with Gasteiger partial charge in [-0.2, -0.15) is 0 Å². The van der Waals surface area contributed by atoms with Gasteiger partial charge in [0.15, 0.2) is 5.03 Å². The predicted molar refractivity (Wildman–Crippen MR) is 58.2 cm³/mol. The molecule has 7 nitrogen and oxygen atoms in total. The number of nitrogens with one attached hydrogen (secondary N) is 2. The Morgan fingerprint density at radius 1 is 1.38 bits per heavy atom. The zero-order chi connectivity index (χ0) is 12.4. The zero-order valence-electron chi connectivity index (χ0n) is 8.89. The van der Waals surface area contributed by atoms with Crippen LogP contribution < -0.4 is 4.72 Å². The summed E-state index contributed by atoms with van der Waals surface area (Å²) in [4.78, 5) is 6.30. The van der Waals surface area contributed by atoms with Crippen molar-refractivity contribution in [2.45, 2.75) is 11.9 Å². The topological polar surface area (TPSA) is 109 Å². The molecule has 0 spiro atoms. The third kappa shape index (κ3) is 3.91. The van der Waals surface area contributed by atoms with E-state index in [-0.39, 0.29) is 17.3 Å². The van der Waals surface area contributed by atoms with Crippen molar-refractivity contribution in [3.63, 3.8) is 0 Å². The van der Waals surface area contributed by atoms with Crippen molar-refractivity contribution in [1.82, 2.24) is 14.7 Å². The van der Waals surface area contributed by atoms with E-state index in [9.17, 15) is 16.8 Å². The molecule has 0 aromatic carbocycles. The monoisotopic (exact) mass is 267 g/mol. The van der Waals surface area contributed by atoms with Crippen LogP contribution in [-0.4, -0.2) is 45.4 Å². The average molecular weight is 267 g/mol. The Bertz CT molecular complexity index is 558. The number of aromatic amines is 1. The van der Waals surface area contributed by atoms with Crippen molar-refractivity contribution in [3.8, 4) is 0 Å². The van der Waals surface area contributed by atoms with Crippen LogP contribution in [0.1, 0.15) is 5.82 Å². The number of imidazole rings is 1. The molecule has 2 N–H and O–H groups in total. The molecule has 0 bridgehead atoms. The number of hydrogen-bond donors (Lipinski definition) is 2. The van der Waals surface area contributed by atoms with Crippen molar-refractivity contribution < 1.29 is 16.8 Å². The van der Waals surface area contributed by atoms with Crippen LogP contribution in [0.25, 0.3) is 0 Å². The van der Waals surface area contributed by atoms with Crippen molar-refractivity contribution in [3.05, 3.63) is 12.0 Å². The smallest absolute Gasteiger partial charge is 0.257 e. The molecule has 0 aliphatic carbocycles. The van der Waals surface area contributed by atoms with E-state index in [2.05, 4.69) is 14.7 Å². The maximum absolute atomic E-state index is 11.6. The quantitative estimate of drug-likeness (QED) is 0.714. The Balaban J connectivity index is 2.67. The van der Waals surface area contributed by atoms with E-state index in [1.807, 2.05) is 0 Å². The lowest BCUT2D eigenvalue weighted by molar-refractivity contribution is 0.579. The number of sulfone groups is 1. The molecule has 0 unspecified atom stereocenters. The highest BCUT2D eigenvalue weighted by atomic mass is 32.2. The van der Waals surface area contributed by atoms with E-state index in [0.29, 0.717) is 5.82 Å². The van der Waals surface area contributed by atoms with Gasteiger partial charge < -0.3 is 4.98 Å². The van der Waals surface area contributed by atoms with E-state index in [4.69, 9.17) is 0 Å². The minimum atomic E-state index is -3.69. The molecule has 1 aromatic rings. The molecule has 9 heteroatoms. The number of hydrogen-bond acceptors (Lipinski definition) is 5. The molecular weight excluding hydrogens is 254 g/mol. The number of sulfonamides is 1. The number of aromatic nitrogens is 2. The minimum Gasteiger partial charge on any atom is -0.332 e. The highest BCUT2D eigenvalue weighted by Gasteiger charge is 2.16. The van der Waals surface area contributed by atoms with Crippen LogP contribution in [0.15, 0.2) is 11.2 Å². The maximum atomic E-state index is 11.6. The van der Waals surface area contributed by atoms with E-state index in [1.54, 1.807) is 6.92 Å². The molecule has 0 saturated heterocycles. The van der Waals surface area contributed by atoms with Gasteiger partial charge in [0.25, 0.3) is 10.0 Å². The second-order valence-corrected chi connectivity index (χ2v) is 7.36. The number of nitrogens with zero attached hydrogens (tertiary/aromatic N) is 1. The van der Waals surface area contributed by atoms with Crippen molar-refractivity contribution in [2.24, 2.45) is 0 Å². The fourth-order valence-electron chi connectivity index (χ4n) is 0.974. The third-order valence-corrected chi connectivity index (χ3v) is 4.05. The van der Waals surface area contributed by atoms with E-state index in [1.165, 1.54) is 6.20 Å². The largest absolute Gasteiger partial charge is 0.332 e. The highest BCUT2D eigenvalue weighted by Crippen LogP contribution is 2.03. The molecule has 0 aliphatic rings. The van der Waals surface area contributed by atoms with Gasteiger partial charge in [0.05, 0.1) is 11.9 Å². The zero-order valence-corrected chi connectivity index (χ0v) is 10.5. The van der Waals surface area contributed by atoms with Gasteiger partial charge in [-0.05, 0) is 6.92 Å². The van der Waals surface area contributed by atoms with Crippen molar-refractivity contribution in [1.29, 1.82) is 0 Å². The van der Waals surface area contributed by atoms with Crippen molar-refractivity contribution in [2.75, 3.05) is 18.6 Å². The lowest BCUT2D eigenvalue weighted by Gasteiger charge is -2.03.